The first-order valence-electron chi connectivity index (χ1n) is 10.3. The fourth-order valence-corrected chi connectivity index (χ4v) is 4.18. The summed E-state index contributed by atoms with van der Waals surface area (Å²) >= 11 is 1.26. The van der Waals surface area contributed by atoms with Crippen molar-refractivity contribution in [1.29, 1.82) is 0 Å². The first-order valence-corrected chi connectivity index (χ1v) is 11.2. The second-order valence-electron chi connectivity index (χ2n) is 7.59. The quantitative estimate of drug-likeness (QED) is 0.256. The van der Waals surface area contributed by atoms with E-state index in [-0.39, 0.29) is 23.9 Å². The third-order valence-corrected chi connectivity index (χ3v) is 5.68. The van der Waals surface area contributed by atoms with E-state index < -0.39 is 5.97 Å². The molecule has 7 heteroatoms. The molecule has 0 aliphatic carbocycles. The van der Waals surface area contributed by atoms with Crippen molar-refractivity contribution in [2.24, 2.45) is 0 Å². The zero-order valence-corrected chi connectivity index (χ0v) is 19.7. The van der Waals surface area contributed by atoms with Crippen LogP contribution < -0.4 is 10.1 Å². The topological polar surface area (TPSA) is 81.7 Å². The number of hydrogen-bond acceptors (Lipinski definition) is 6. The van der Waals surface area contributed by atoms with Gasteiger partial charge in [0.05, 0.1) is 7.11 Å². The van der Waals surface area contributed by atoms with E-state index >= 15 is 0 Å². The molecule has 0 spiro atoms. The van der Waals surface area contributed by atoms with Crippen molar-refractivity contribution >= 4 is 34.0 Å². The monoisotopic (exact) mass is 463 g/mol. The lowest BCUT2D eigenvalue weighted by Gasteiger charge is -2.12. The van der Waals surface area contributed by atoms with Crippen molar-refractivity contribution in [3.63, 3.8) is 0 Å². The van der Waals surface area contributed by atoms with Gasteiger partial charge in [-0.15, -0.1) is 11.3 Å². The number of benzene rings is 2. The van der Waals surface area contributed by atoms with E-state index in [2.05, 4.69) is 5.32 Å². The third-order valence-electron chi connectivity index (χ3n) is 4.78. The van der Waals surface area contributed by atoms with Crippen LogP contribution in [0.1, 0.15) is 47.1 Å². The molecule has 0 aliphatic heterocycles. The number of nitrogens with one attached hydrogen (secondary N) is 1. The summed E-state index contributed by atoms with van der Waals surface area (Å²) in [4.78, 5) is 37.3. The summed E-state index contributed by atoms with van der Waals surface area (Å²) in [6, 6.07) is 14.4. The molecule has 0 radical (unpaired) electrons. The molecule has 0 saturated carbocycles. The molecule has 0 saturated heterocycles. The lowest BCUT2D eigenvalue weighted by atomic mass is 10.0. The Bertz CT molecular complexity index is 1210. The Labute approximate surface area is 196 Å². The Kier molecular flexibility index (Phi) is 7.79. The van der Waals surface area contributed by atoms with Gasteiger partial charge in [0.1, 0.15) is 22.9 Å². The van der Waals surface area contributed by atoms with Gasteiger partial charge in [0.2, 0.25) is 5.91 Å². The number of carbonyl (C=O) groups is 3. The first kappa shape index (κ1) is 23.9. The predicted molar refractivity (Wildman–Crippen MR) is 130 cm³/mol. The number of Topliss-reactive ketones (excluding diaryl/α,β-unsaturated/α-hetero) is 1. The first-order chi connectivity index (χ1) is 15.8. The number of carbonyl (C=O) groups excluding carboxylic acids is 3. The minimum Gasteiger partial charge on any atom is -0.496 e. The number of thiophene rings is 1. The molecule has 33 heavy (non-hydrogen) atoms. The Balaban J connectivity index is 1.93. The minimum atomic E-state index is -0.585. The van der Waals surface area contributed by atoms with Crippen LogP contribution in [0.2, 0.25) is 0 Å². The van der Waals surface area contributed by atoms with E-state index in [1.165, 1.54) is 31.4 Å². The summed E-state index contributed by atoms with van der Waals surface area (Å²) in [6.07, 6.45) is 1.47. The van der Waals surface area contributed by atoms with Gasteiger partial charge in [-0.1, -0.05) is 35.9 Å². The molecule has 0 aliphatic rings. The van der Waals surface area contributed by atoms with Crippen LogP contribution in [0.5, 0.6) is 5.75 Å². The summed E-state index contributed by atoms with van der Waals surface area (Å²) in [5.41, 5.74) is 3.70. The van der Waals surface area contributed by atoms with E-state index in [9.17, 15) is 14.4 Å². The lowest BCUT2D eigenvalue weighted by molar-refractivity contribution is -0.111. The SMILES string of the molecule is COc1ccc(C(C)=O)cc1COC(=O)c1c(-c2ccccc2)csc1NC(=O)C=C(C)C. The van der Waals surface area contributed by atoms with Gasteiger partial charge in [0.25, 0.3) is 0 Å². The Morgan fingerprint density at radius 1 is 1.03 bits per heavy atom. The highest BCUT2D eigenvalue weighted by Gasteiger charge is 2.23. The van der Waals surface area contributed by atoms with Crippen LogP contribution >= 0.6 is 11.3 Å². The predicted octanol–water partition coefficient (Wildman–Crippen LogP) is 5.89. The number of allylic oxidation sites excluding steroid dienone is 1. The van der Waals surface area contributed by atoms with Crippen molar-refractivity contribution in [3.8, 4) is 16.9 Å². The summed E-state index contributed by atoms with van der Waals surface area (Å²) < 4.78 is 11.0. The molecule has 3 aromatic rings. The number of hydrogen-bond donors (Lipinski definition) is 1. The molecule has 0 fully saturated rings. The van der Waals surface area contributed by atoms with E-state index in [0.717, 1.165) is 11.1 Å². The maximum Gasteiger partial charge on any atom is 0.342 e. The van der Waals surface area contributed by atoms with Gasteiger partial charge in [-0.3, -0.25) is 9.59 Å². The van der Waals surface area contributed by atoms with Crippen LogP contribution in [0, 0.1) is 0 Å². The summed E-state index contributed by atoms with van der Waals surface area (Å²) in [5.74, 6) is -0.489. The van der Waals surface area contributed by atoms with Gasteiger partial charge in [-0.05, 0) is 44.5 Å². The second kappa shape index (κ2) is 10.7. The molecule has 1 amide bonds. The molecule has 1 aromatic heterocycles. The van der Waals surface area contributed by atoms with Crippen molar-refractivity contribution < 1.29 is 23.9 Å². The zero-order chi connectivity index (χ0) is 24.0. The molecular formula is C26H25NO5S. The van der Waals surface area contributed by atoms with Crippen molar-refractivity contribution in [2.75, 3.05) is 12.4 Å². The number of rotatable bonds is 8. The Morgan fingerprint density at radius 3 is 2.39 bits per heavy atom. The molecule has 6 nitrogen and oxygen atoms in total. The second-order valence-corrected chi connectivity index (χ2v) is 8.47. The maximum absolute atomic E-state index is 13.2. The summed E-state index contributed by atoms with van der Waals surface area (Å²) in [5, 5.41) is 5.02. The largest absolute Gasteiger partial charge is 0.496 e. The van der Waals surface area contributed by atoms with Crippen LogP contribution in [-0.2, 0) is 16.1 Å². The fourth-order valence-electron chi connectivity index (χ4n) is 3.22. The molecule has 170 valence electrons. The average Bonchev–Trinajstić information content (AvgIpc) is 3.20. The number of amides is 1. The van der Waals surface area contributed by atoms with Crippen molar-refractivity contribution in [1.82, 2.24) is 0 Å². The number of ether oxygens (including phenoxy) is 2. The zero-order valence-electron chi connectivity index (χ0n) is 18.9. The van der Waals surface area contributed by atoms with E-state index in [4.69, 9.17) is 9.47 Å². The van der Waals surface area contributed by atoms with Gasteiger partial charge < -0.3 is 14.8 Å². The number of methoxy groups -OCH3 is 1. The molecule has 2 aromatic carbocycles. The number of anilines is 1. The smallest absolute Gasteiger partial charge is 0.342 e. The third kappa shape index (κ3) is 5.96. The normalized spacial score (nSPS) is 10.3. The van der Waals surface area contributed by atoms with Crippen LogP contribution in [0.4, 0.5) is 5.00 Å². The molecule has 3 rings (SSSR count). The van der Waals surface area contributed by atoms with Crippen LogP contribution in [0.15, 0.2) is 65.6 Å². The molecule has 1 N–H and O–H groups in total. The molecule has 0 atom stereocenters. The van der Waals surface area contributed by atoms with Gasteiger partial charge >= 0.3 is 5.97 Å². The van der Waals surface area contributed by atoms with Crippen molar-refractivity contribution in [3.05, 3.63) is 82.3 Å². The molecule has 0 unspecified atom stereocenters. The van der Waals surface area contributed by atoms with E-state index in [0.29, 0.717) is 27.4 Å². The van der Waals surface area contributed by atoms with E-state index in [1.807, 2.05) is 49.6 Å². The summed E-state index contributed by atoms with van der Waals surface area (Å²) in [6.45, 7) is 5.02. The minimum absolute atomic E-state index is 0.0887. The van der Waals surface area contributed by atoms with Gasteiger partial charge in [0.15, 0.2) is 5.78 Å². The average molecular weight is 464 g/mol. The van der Waals surface area contributed by atoms with Crippen molar-refractivity contribution in [2.45, 2.75) is 27.4 Å². The molecular weight excluding hydrogens is 438 g/mol. The van der Waals surface area contributed by atoms with Gasteiger partial charge in [-0.2, -0.15) is 0 Å². The maximum atomic E-state index is 13.2. The number of esters is 1. The fraction of sp³-hybridized carbons (Fsp3) is 0.192. The highest BCUT2D eigenvalue weighted by Crippen LogP contribution is 2.36. The van der Waals surface area contributed by atoms with Gasteiger partial charge in [-0.25, -0.2) is 4.79 Å². The highest BCUT2D eigenvalue weighted by molar-refractivity contribution is 7.15. The molecule has 0 bridgehead atoms. The standard InChI is InChI=1S/C26H25NO5S/c1-16(2)12-23(29)27-25-24(21(15-33-25)18-8-6-5-7-9-18)26(30)32-14-20-13-19(17(3)28)10-11-22(20)31-4/h5-13,15H,14H2,1-4H3,(H,27,29). The van der Waals surface area contributed by atoms with Crippen LogP contribution in [-0.4, -0.2) is 24.8 Å². The highest BCUT2D eigenvalue weighted by atomic mass is 32.1. The number of ketones is 1. The molecule has 1 heterocycles. The summed E-state index contributed by atoms with van der Waals surface area (Å²) in [7, 11) is 1.51. The van der Waals surface area contributed by atoms with Gasteiger partial charge in [0, 0.05) is 28.1 Å². The van der Waals surface area contributed by atoms with Crippen LogP contribution in [0.25, 0.3) is 11.1 Å². The lowest BCUT2D eigenvalue weighted by Crippen LogP contribution is -2.13. The Hall–Kier alpha value is -3.71. The Morgan fingerprint density at radius 2 is 1.76 bits per heavy atom. The van der Waals surface area contributed by atoms with Crippen LogP contribution in [0.3, 0.4) is 0 Å². The van der Waals surface area contributed by atoms with E-state index in [1.54, 1.807) is 18.2 Å².